The van der Waals surface area contributed by atoms with E-state index < -0.39 is 5.82 Å². The molecule has 0 aliphatic heterocycles. The normalized spacial score (nSPS) is 10.6. The maximum atomic E-state index is 12.9. The lowest BCUT2D eigenvalue weighted by molar-refractivity contribution is -0.113. The van der Waals surface area contributed by atoms with Crippen LogP contribution in [0.4, 0.5) is 10.1 Å². The van der Waals surface area contributed by atoms with E-state index in [1.54, 1.807) is 0 Å². The Bertz CT molecular complexity index is 622. The fraction of sp³-hybridized carbons (Fsp3) is 0.182. The van der Waals surface area contributed by atoms with Gasteiger partial charge in [-0.3, -0.25) is 4.79 Å². The maximum Gasteiger partial charge on any atom is 0.277 e. The van der Waals surface area contributed by atoms with E-state index in [0.29, 0.717) is 11.6 Å². The van der Waals surface area contributed by atoms with Crippen molar-refractivity contribution >= 4 is 35.0 Å². The molecule has 1 heterocycles. The van der Waals surface area contributed by atoms with E-state index in [4.69, 9.17) is 21.8 Å². The molecule has 3 N–H and O–H groups in total. The van der Waals surface area contributed by atoms with Crippen molar-refractivity contribution in [2.24, 2.45) is 5.73 Å². The molecule has 2 aromatic rings. The number of hydrogen-bond acceptors (Lipinski definition) is 6. The van der Waals surface area contributed by atoms with Crippen molar-refractivity contribution in [3.05, 3.63) is 34.9 Å². The number of benzene rings is 1. The lowest BCUT2D eigenvalue weighted by atomic mass is 10.3. The molecule has 0 saturated carbocycles. The SMILES string of the molecule is NCc1nnc(SCC(=O)Nc2ccc(F)cc2Cl)o1. The van der Waals surface area contributed by atoms with Crippen LogP contribution in [0.5, 0.6) is 0 Å². The molecule has 1 aromatic heterocycles. The first-order valence-corrected chi connectivity index (χ1v) is 6.85. The molecule has 1 aromatic carbocycles. The van der Waals surface area contributed by atoms with Crippen LogP contribution in [0.25, 0.3) is 0 Å². The standard InChI is InChI=1S/C11H10ClFN4O2S/c12-7-3-6(13)1-2-8(7)15-9(18)5-20-11-17-16-10(4-14)19-11/h1-3H,4-5,14H2,(H,15,18). The molecular weight excluding hydrogens is 307 g/mol. The van der Waals surface area contributed by atoms with Crippen LogP contribution in [-0.2, 0) is 11.3 Å². The summed E-state index contributed by atoms with van der Waals surface area (Å²) in [5.74, 6) is -0.437. The number of aromatic nitrogens is 2. The number of nitrogens with one attached hydrogen (secondary N) is 1. The van der Waals surface area contributed by atoms with Gasteiger partial charge in [-0.05, 0) is 18.2 Å². The topological polar surface area (TPSA) is 94.0 Å². The molecule has 0 saturated heterocycles. The minimum atomic E-state index is -0.470. The first kappa shape index (κ1) is 14.8. The van der Waals surface area contributed by atoms with E-state index in [-0.39, 0.29) is 28.5 Å². The fourth-order valence-corrected chi connectivity index (χ4v) is 2.08. The molecule has 0 aliphatic rings. The van der Waals surface area contributed by atoms with Gasteiger partial charge in [0.05, 0.1) is 23.0 Å². The van der Waals surface area contributed by atoms with Gasteiger partial charge in [0, 0.05) is 0 Å². The molecule has 0 unspecified atom stereocenters. The summed E-state index contributed by atoms with van der Waals surface area (Å²) in [7, 11) is 0. The number of anilines is 1. The van der Waals surface area contributed by atoms with E-state index in [2.05, 4.69) is 15.5 Å². The smallest absolute Gasteiger partial charge is 0.277 e. The van der Waals surface area contributed by atoms with Crippen molar-refractivity contribution in [2.45, 2.75) is 11.8 Å². The average molecular weight is 317 g/mol. The second kappa shape index (κ2) is 6.69. The number of thioether (sulfide) groups is 1. The Morgan fingerprint density at radius 3 is 2.95 bits per heavy atom. The third kappa shape index (κ3) is 3.92. The number of amides is 1. The van der Waals surface area contributed by atoms with E-state index >= 15 is 0 Å². The molecule has 0 radical (unpaired) electrons. The molecule has 0 bridgehead atoms. The predicted octanol–water partition coefficient (Wildman–Crippen LogP) is 2.05. The highest BCUT2D eigenvalue weighted by molar-refractivity contribution is 7.99. The Balaban J connectivity index is 1.89. The highest BCUT2D eigenvalue weighted by Gasteiger charge is 2.10. The molecular formula is C11H10ClFN4O2S. The van der Waals surface area contributed by atoms with Gasteiger partial charge in [-0.1, -0.05) is 23.4 Å². The van der Waals surface area contributed by atoms with Gasteiger partial charge in [0.25, 0.3) is 5.22 Å². The van der Waals surface area contributed by atoms with Crippen LogP contribution in [0, 0.1) is 5.82 Å². The van der Waals surface area contributed by atoms with E-state index in [9.17, 15) is 9.18 Å². The van der Waals surface area contributed by atoms with Gasteiger partial charge in [-0.25, -0.2) is 4.39 Å². The van der Waals surface area contributed by atoms with Crippen LogP contribution < -0.4 is 11.1 Å². The van der Waals surface area contributed by atoms with Crippen LogP contribution in [0.3, 0.4) is 0 Å². The van der Waals surface area contributed by atoms with Crippen LogP contribution in [0.2, 0.25) is 5.02 Å². The third-order valence-electron chi connectivity index (χ3n) is 2.15. The van der Waals surface area contributed by atoms with Crippen LogP contribution in [-0.4, -0.2) is 21.9 Å². The molecule has 9 heteroatoms. The second-order valence-corrected chi connectivity index (χ2v) is 4.96. The third-order valence-corrected chi connectivity index (χ3v) is 3.29. The quantitative estimate of drug-likeness (QED) is 0.820. The minimum Gasteiger partial charge on any atom is -0.415 e. The van der Waals surface area contributed by atoms with Crippen LogP contribution in [0.15, 0.2) is 27.8 Å². The monoisotopic (exact) mass is 316 g/mol. The molecule has 106 valence electrons. The number of carbonyl (C=O) groups is 1. The van der Waals surface area contributed by atoms with E-state index in [0.717, 1.165) is 17.8 Å². The molecule has 1 amide bonds. The highest BCUT2D eigenvalue weighted by Crippen LogP contribution is 2.23. The van der Waals surface area contributed by atoms with Crippen molar-refractivity contribution in [2.75, 3.05) is 11.1 Å². The van der Waals surface area contributed by atoms with Gasteiger partial charge in [0.1, 0.15) is 5.82 Å². The Labute approximate surface area is 122 Å². The van der Waals surface area contributed by atoms with Gasteiger partial charge in [-0.2, -0.15) is 0 Å². The molecule has 2 rings (SSSR count). The number of rotatable bonds is 5. The molecule has 0 atom stereocenters. The Hall–Kier alpha value is -1.64. The summed E-state index contributed by atoms with van der Waals surface area (Å²) in [5.41, 5.74) is 5.66. The van der Waals surface area contributed by atoms with Gasteiger partial charge in [-0.15, -0.1) is 10.2 Å². The zero-order valence-electron chi connectivity index (χ0n) is 10.1. The highest BCUT2D eigenvalue weighted by atomic mass is 35.5. The predicted molar refractivity (Wildman–Crippen MR) is 73.0 cm³/mol. The van der Waals surface area contributed by atoms with Gasteiger partial charge >= 0.3 is 0 Å². The number of nitrogens with zero attached hydrogens (tertiary/aromatic N) is 2. The maximum absolute atomic E-state index is 12.9. The number of hydrogen-bond donors (Lipinski definition) is 2. The molecule has 0 fully saturated rings. The van der Waals surface area contributed by atoms with Crippen molar-refractivity contribution in [1.82, 2.24) is 10.2 Å². The lowest BCUT2D eigenvalue weighted by Gasteiger charge is -2.06. The first-order chi connectivity index (χ1) is 9.58. The minimum absolute atomic E-state index is 0.0555. The van der Waals surface area contributed by atoms with E-state index in [1.807, 2.05) is 0 Å². The summed E-state index contributed by atoms with van der Waals surface area (Å²) in [6.07, 6.45) is 0. The Morgan fingerprint density at radius 2 is 2.30 bits per heavy atom. The van der Waals surface area contributed by atoms with Crippen molar-refractivity contribution in [3.63, 3.8) is 0 Å². The largest absolute Gasteiger partial charge is 0.415 e. The van der Waals surface area contributed by atoms with Crippen molar-refractivity contribution in [3.8, 4) is 0 Å². The van der Waals surface area contributed by atoms with Gasteiger partial charge in [0.15, 0.2) is 0 Å². The average Bonchev–Trinajstić information content (AvgIpc) is 2.88. The van der Waals surface area contributed by atoms with Crippen LogP contribution in [0.1, 0.15) is 5.89 Å². The molecule has 0 aliphatic carbocycles. The van der Waals surface area contributed by atoms with Crippen molar-refractivity contribution < 1.29 is 13.6 Å². The molecule has 6 nitrogen and oxygen atoms in total. The zero-order valence-corrected chi connectivity index (χ0v) is 11.7. The summed E-state index contributed by atoms with van der Waals surface area (Å²) in [6.45, 7) is 0.144. The zero-order chi connectivity index (χ0) is 14.5. The van der Waals surface area contributed by atoms with Crippen LogP contribution >= 0.6 is 23.4 Å². The molecule has 0 spiro atoms. The van der Waals surface area contributed by atoms with Gasteiger partial charge < -0.3 is 15.5 Å². The number of halogens is 2. The summed E-state index contributed by atoms with van der Waals surface area (Å²) < 4.78 is 18.0. The summed E-state index contributed by atoms with van der Waals surface area (Å²) in [5, 5.41) is 10.3. The fourth-order valence-electron chi connectivity index (χ4n) is 1.28. The summed E-state index contributed by atoms with van der Waals surface area (Å²) in [6, 6.07) is 3.72. The van der Waals surface area contributed by atoms with Crippen molar-refractivity contribution in [1.29, 1.82) is 0 Å². The Morgan fingerprint density at radius 1 is 1.50 bits per heavy atom. The lowest BCUT2D eigenvalue weighted by Crippen LogP contribution is -2.14. The second-order valence-electron chi connectivity index (χ2n) is 3.63. The summed E-state index contributed by atoms with van der Waals surface area (Å²) in [4.78, 5) is 11.7. The Kier molecular flexibility index (Phi) is 4.94. The molecule has 20 heavy (non-hydrogen) atoms. The van der Waals surface area contributed by atoms with Gasteiger partial charge in [0.2, 0.25) is 11.8 Å². The number of carbonyl (C=O) groups excluding carboxylic acids is 1. The summed E-state index contributed by atoms with van der Waals surface area (Å²) >= 11 is 6.86. The van der Waals surface area contributed by atoms with E-state index in [1.165, 1.54) is 12.1 Å². The number of nitrogens with two attached hydrogens (primary N) is 1. The first-order valence-electron chi connectivity index (χ1n) is 5.48.